The molecule has 0 spiro atoms. The third kappa shape index (κ3) is 6.03. The van der Waals surface area contributed by atoms with E-state index in [9.17, 15) is 4.79 Å². The van der Waals surface area contributed by atoms with Gasteiger partial charge in [-0.05, 0) is 34.1 Å². The molecule has 0 radical (unpaired) electrons. The molecule has 2 atom stereocenters. The van der Waals surface area contributed by atoms with Crippen molar-refractivity contribution >= 4 is 5.91 Å². The quantitative estimate of drug-likeness (QED) is 0.678. The molecule has 4 heteroatoms. The summed E-state index contributed by atoms with van der Waals surface area (Å²) in [7, 11) is 0. The summed E-state index contributed by atoms with van der Waals surface area (Å²) < 4.78 is 0. The van der Waals surface area contributed by atoms with Crippen LogP contribution in [0.1, 0.15) is 47.5 Å². The van der Waals surface area contributed by atoms with Gasteiger partial charge in [0.25, 0.3) is 0 Å². The zero-order valence-electron chi connectivity index (χ0n) is 11.9. The molecule has 0 saturated heterocycles. The minimum atomic E-state index is -0.193. The van der Waals surface area contributed by atoms with E-state index in [0.717, 1.165) is 12.8 Å². The third-order valence-corrected chi connectivity index (χ3v) is 3.01. The van der Waals surface area contributed by atoms with Crippen LogP contribution >= 0.6 is 0 Å². The molecule has 17 heavy (non-hydrogen) atoms. The zero-order chi connectivity index (χ0) is 13.4. The first kappa shape index (κ1) is 16.4. The van der Waals surface area contributed by atoms with Crippen molar-refractivity contribution in [2.75, 3.05) is 13.2 Å². The summed E-state index contributed by atoms with van der Waals surface area (Å²) in [5, 5.41) is 12.0. The number of rotatable bonds is 8. The summed E-state index contributed by atoms with van der Waals surface area (Å²) in [6, 6.07) is 0.281. The summed E-state index contributed by atoms with van der Waals surface area (Å²) in [5.41, 5.74) is 0. The van der Waals surface area contributed by atoms with Gasteiger partial charge >= 0.3 is 0 Å². The fraction of sp³-hybridized carbons (Fsp3) is 0.923. The Labute approximate surface area is 105 Å². The van der Waals surface area contributed by atoms with Crippen LogP contribution in [0.5, 0.6) is 0 Å². The summed E-state index contributed by atoms with van der Waals surface area (Å²) in [6.07, 6.45) is 2.07. The maximum Gasteiger partial charge on any atom is 0.237 e. The van der Waals surface area contributed by atoms with Gasteiger partial charge < -0.3 is 10.4 Å². The zero-order valence-corrected chi connectivity index (χ0v) is 11.9. The van der Waals surface area contributed by atoms with Crippen LogP contribution in [-0.4, -0.2) is 47.2 Å². The summed E-state index contributed by atoms with van der Waals surface area (Å²) >= 11 is 0. The van der Waals surface area contributed by atoms with Gasteiger partial charge in [0.2, 0.25) is 5.91 Å². The van der Waals surface area contributed by atoms with Gasteiger partial charge in [0.1, 0.15) is 0 Å². The lowest BCUT2D eigenvalue weighted by Gasteiger charge is -2.31. The van der Waals surface area contributed by atoms with Crippen LogP contribution < -0.4 is 5.32 Å². The van der Waals surface area contributed by atoms with E-state index in [1.54, 1.807) is 0 Å². The highest BCUT2D eigenvalue weighted by Crippen LogP contribution is 2.06. The van der Waals surface area contributed by atoms with Crippen molar-refractivity contribution in [3.8, 4) is 0 Å². The summed E-state index contributed by atoms with van der Waals surface area (Å²) in [4.78, 5) is 14.0. The maximum atomic E-state index is 12.0. The van der Waals surface area contributed by atoms with Crippen molar-refractivity contribution in [3.05, 3.63) is 0 Å². The largest absolute Gasteiger partial charge is 0.395 e. The lowest BCUT2D eigenvalue weighted by molar-refractivity contribution is -0.127. The molecule has 2 unspecified atom stereocenters. The van der Waals surface area contributed by atoms with Crippen molar-refractivity contribution in [1.29, 1.82) is 0 Å². The Hall–Kier alpha value is -0.610. The van der Waals surface area contributed by atoms with Gasteiger partial charge in [0, 0.05) is 18.6 Å². The van der Waals surface area contributed by atoms with Gasteiger partial charge in [-0.1, -0.05) is 13.3 Å². The molecule has 0 saturated carbocycles. The van der Waals surface area contributed by atoms with Crippen molar-refractivity contribution in [2.45, 2.75) is 65.6 Å². The van der Waals surface area contributed by atoms with Crippen molar-refractivity contribution in [3.63, 3.8) is 0 Å². The monoisotopic (exact) mass is 244 g/mol. The second kappa shape index (κ2) is 8.48. The molecule has 0 aliphatic carbocycles. The van der Waals surface area contributed by atoms with Crippen LogP contribution in [-0.2, 0) is 4.79 Å². The van der Waals surface area contributed by atoms with Gasteiger partial charge in [-0.3, -0.25) is 9.69 Å². The van der Waals surface area contributed by atoms with Crippen molar-refractivity contribution < 1.29 is 9.90 Å². The lowest BCUT2D eigenvalue weighted by atomic mass is 10.1. The van der Waals surface area contributed by atoms with Crippen LogP contribution in [0.3, 0.4) is 0 Å². The van der Waals surface area contributed by atoms with Crippen LogP contribution in [0, 0.1) is 0 Å². The number of aliphatic hydroxyl groups is 1. The standard InChI is InChI=1S/C13H28N2O2/c1-6-7-11(4)14-13(17)12(5)15(8-9-16)10(2)3/h10-12,16H,6-9H2,1-5H3,(H,14,17). The molecule has 0 heterocycles. The Kier molecular flexibility index (Phi) is 8.17. The van der Waals surface area contributed by atoms with Crippen molar-refractivity contribution in [1.82, 2.24) is 10.2 Å². The number of aliphatic hydroxyl groups excluding tert-OH is 1. The normalized spacial score (nSPS) is 15.1. The molecule has 0 aromatic heterocycles. The van der Waals surface area contributed by atoms with Gasteiger partial charge in [0.15, 0.2) is 0 Å². The smallest absolute Gasteiger partial charge is 0.237 e. The van der Waals surface area contributed by atoms with E-state index in [2.05, 4.69) is 12.2 Å². The molecular weight excluding hydrogens is 216 g/mol. The SMILES string of the molecule is CCCC(C)NC(=O)C(C)N(CCO)C(C)C. The number of hydrogen-bond acceptors (Lipinski definition) is 3. The third-order valence-electron chi connectivity index (χ3n) is 3.01. The predicted octanol–water partition coefficient (Wildman–Crippen LogP) is 1.38. The second-order valence-corrected chi connectivity index (χ2v) is 4.93. The van der Waals surface area contributed by atoms with E-state index in [-0.39, 0.29) is 30.6 Å². The Morgan fingerprint density at radius 2 is 1.88 bits per heavy atom. The van der Waals surface area contributed by atoms with E-state index >= 15 is 0 Å². The van der Waals surface area contributed by atoms with Gasteiger partial charge in [-0.25, -0.2) is 0 Å². The fourth-order valence-corrected chi connectivity index (χ4v) is 2.03. The van der Waals surface area contributed by atoms with Crippen LogP contribution in [0.2, 0.25) is 0 Å². The maximum absolute atomic E-state index is 12.0. The number of carbonyl (C=O) groups excluding carboxylic acids is 1. The molecule has 0 bridgehead atoms. The van der Waals surface area contributed by atoms with Crippen LogP contribution in [0.4, 0.5) is 0 Å². The van der Waals surface area contributed by atoms with E-state index in [1.807, 2.05) is 32.6 Å². The molecule has 0 aromatic rings. The first-order valence-electron chi connectivity index (χ1n) is 6.61. The van der Waals surface area contributed by atoms with E-state index in [0.29, 0.717) is 6.54 Å². The molecule has 4 nitrogen and oxygen atoms in total. The number of nitrogens with zero attached hydrogens (tertiary/aromatic N) is 1. The molecule has 2 N–H and O–H groups in total. The summed E-state index contributed by atoms with van der Waals surface area (Å²) in [6.45, 7) is 10.7. The molecule has 0 aliphatic heterocycles. The average Bonchev–Trinajstić information content (AvgIpc) is 2.24. The molecule has 0 aromatic carbocycles. The van der Waals surface area contributed by atoms with Crippen LogP contribution in [0.15, 0.2) is 0 Å². The molecule has 0 aliphatic rings. The second-order valence-electron chi connectivity index (χ2n) is 4.93. The van der Waals surface area contributed by atoms with Crippen molar-refractivity contribution in [2.24, 2.45) is 0 Å². The molecule has 0 rings (SSSR count). The highest BCUT2D eigenvalue weighted by atomic mass is 16.3. The van der Waals surface area contributed by atoms with E-state index < -0.39 is 0 Å². The Bertz CT molecular complexity index is 219. The number of amides is 1. The topological polar surface area (TPSA) is 52.6 Å². The van der Waals surface area contributed by atoms with E-state index in [4.69, 9.17) is 5.11 Å². The Morgan fingerprint density at radius 3 is 2.29 bits per heavy atom. The Morgan fingerprint density at radius 1 is 1.29 bits per heavy atom. The molecule has 102 valence electrons. The molecular formula is C13H28N2O2. The Balaban J connectivity index is 4.34. The summed E-state index contributed by atoms with van der Waals surface area (Å²) in [5.74, 6) is 0.0492. The lowest BCUT2D eigenvalue weighted by Crippen LogP contribution is -2.50. The number of carbonyl (C=O) groups is 1. The number of hydrogen-bond donors (Lipinski definition) is 2. The average molecular weight is 244 g/mol. The minimum Gasteiger partial charge on any atom is -0.395 e. The van der Waals surface area contributed by atoms with Crippen LogP contribution in [0.25, 0.3) is 0 Å². The first-order chi connectivity index (χ1) is 7.93. The highest BCUT2D eigenvalue weighted by molar-refractivity contribution is 5.81. The minimum absolute atomic E-state index is 0.0492. The van der Waals surface area contributed by atoms with Gasteiger partial charge in [0.05, 0.1) is 12.6 Å². The highest BCUT2D eigenvalue weighted by Gasteiger charge is 2.23. The predicted molar refractivity (Wildman–Crippen MR) is 70.9 cm³/mol. The van der Waals surface area contributed by atoms with Gasteiger partial charge in [-0.15, -0.1) is 0 Å². The number of nitrogens with one attached hydrogen (secondary N) is 1. The molecule has 0 fully saturated rings. The van der Waals surface area contributed by atoms with Gasteiger partial charge in [-0.2, -0.15) is 0 Å². The van der Waals surface area contributed by atoms with E-state index in [1.165, 1.54) is 0 Å². The molecule has 1 amide bonds. The fourth-order valence-electron chi connectivity index (χ4n) is 2.03. The first-order valence-corrected chi connectivity index (χ1v) is 6.61.